The quantitative estimate of drug-likeness (QED) is 0.895. The van der Waals surface area contributed by atoms with Crippen molar-refractivity contribution in [3.05, 3.63) is 28.7 Å². The van der Waals surface area contributed by atoms with Gasteiger partial charge in [-0.05, 0) is 42.9 Å². The van der Waals surface area contributed by atoms with Crippen molar-refractivity contribution in [3.63, 3.8) is 0 Å². The maximum Gasteiger partial charge on any atom is 0.182 e. The van der Waals surface area contributed by atoms with Crippen LogP contribution in [0.25, 0.3) is 0 Å². The van der Waals surface area contributed by atoms with Crippen molar-refractivity contribution in [3.8, 4) is 0 Å². The summed E-state index contributed by atoms with van der Waals surface area (Å²) >= 11 is 3.32. The van der Waals surface area contributed by atoms with E-state index in [1.54, 1.807) is 18.2 Å². The number of sulfone groups is 1. The average molecular weight is 346 g/mol. The van der Waals surface area contributed by atoms with Crippen LogP contribution < -0.4 is 5.73 Å². The van der Waals surface area contributed by atoms with Gasteiger partial charge in [-0.25, -0.2) is 8.42 Å². The zero-order valence-corrected chi connectivity index (χ0v) is 13.7. The molecule has 1 aliphatic rings. The topological polar surface area (TPSA) is 60.2 Å². The highest BCUT2D eigenvalue weighted by Gasteiger charge is 2.41. The first-order chi connectivity index (χ1) is 8.72. The number of nitrogens with two attached hydrogens (primary N) is 1. The van der Waals surface area contributed by atoms with Crippen molar-refractivity contribution in [2.75, 3.05) is 0 Å². The molecular weight excluding hydrogens is 326 g/mol. The highest BCUT2D eigenvalue weighted by Crippen LogP contribution is 2.39. The largest absolute Gasteiger partial charge is 0.327 e. The van der Waals surface area contributed by atoms with E-state index < -0.39 is 15.1 Å². The minimum atomic E-state index is -3.36. The lowest BCUT2D eigenvalue weighted by Gasteiger charge is -2.38. The van der Waals surface area contributed by atoms with Gasteiger partial charge in [0.25, 0.3) is 0 Å². The van der Waals surface area contributed by atoms with Crippen LogP contribution in [0.2, 0.25) is 0 Å². The van der Waals surface area contributed by atoms with E-state index in [-0.39, 0.29) is 11.5 Å². The number of hydrogen-bond donors (Lipinski definition) is 1. The molecule has 1 aromatic carbocycles. The fourth-order valence-electron chi connectivity index (χ4n) is 2.70. The Hall–Kier alpha value is -0.390. The van der Waals surface area contributed by atoms with Crippen molar-refractivity contribution < 1.29 is 8.42 Å². The van der Waals surface area contributed by atoms with Gasteiger partial charge in [-0.3, -0.25) is 0 Å². The smallest absolute Gasteiger partial charge is 0.182 e. The van der Waals surface area contributed by atoms with Crippen LogP contribution in [-0.2, 0) is 9.84 Å². The average Bonchev–Trinajstić information content (AvgIpc) is 2.32. The molecule has 0 amide bonds. The zero-order chi connectivity index (χ0) is 14.3. The van der Waals surface area contributed by atoms with Crippen molar-refractivity contribution in [2.45, 2.75) is 49.3 Å². The second-order valence-corrected chi connectivity index (χ2v) is 9.19. The highest BCUT2D eigenvalue weighted by atomic mass is 79.9. The molecule has 0 spiro atoms. The highest BCUT2D eigenvalue weighted by molar-refractivity contribution is 9.10. The van der Waals surface area contributed by atoms with Crippen LogP contribution in [0.5, 0.6) is 0 Å². The Labute approximate surface area is 123 Å². The maximum atomic E-state index is 12.7. The van der Waals surface area contributed by atoms with Crippen molar-refractivity contribution in [2.24, 2.45) is 11.1 Å². The van der Waals surface area contributed by atoms with Gasteiger partial charge in [-0.1, -0.05) is 35.8 Å². The van der Waals surface area contributed by atoms with Gasteiger partial charge >= 0.3 is 0 Å². The summed E-state index contributed by atoms with van der Waals surface area (Å²) in [6.45, 7) is 4.23. The van der Waals surface area contributed by atoms with Gasteiger partial charge in [0.2, 0.25) is 0 Å². The molecule has 0 bridgehead atoms. The molecule has 106 valence electrons. The third kappa shape index (κ3) is 3.20. The summed E-state index contributed by atoms with van der Waals surface area (Å²) in [5, 5.41) is -0.481. The molecule has 2 atom stereocenters. The summed E-state index contributed by atoms with van der Waals surface area (Å²) in [5.41, 5.74) is 6.11. The number of halogens is 1. The molecule has 0 radical (unpaired) electrons. The Morgan fingerprint density at radius 1 is 1.37 bits per heavy atom. The van der Waals surface area contributed by atoms with Crippen LogP contribution in [0.1, 0.15) is 33.1 Å². The Balaban J connectivity index is 2.38. The molecular formula is C14H20BrNO2S. The van der Waals surface area contributed by atoms with E-state index in [2.05, 4.69) is 29.8 Å². The second-order valence-electron chi connectivity index (χ2n) is 6.11. The summed E-state index contributed by atoms with van der Waals surface area (Å²) in [6.07, 6.45) is 2.38. The predicted octanol–water partition coefficient (Wildman–Crippen LogP) is 3.13. The Bertz CT molecular complexity index is 569. The van der Waals surface area contributed by atoms with E-state index in [1.165, 1.54) is 0 Å². The molecule has 2 rings (SSSR count). The fraction of sp³-hybridized carbons (Fsp3) is 0.571. The molecule has 5 heteroatoms. The van der Waals surface area contributed by atoms with Crippen LogP contribution >= 0.6 is 15.9 Å². The Morgan fingerprint density at radius 3 is 2.68 bits per heavy atom. The lowest BCUT2D eigenvalue weighted by atomic mass is 9.75. The molecule has 19 heavy (non-hydrogen) atoms. The fourth-order valence-corrected chi connectivity index (χ4v) is 5.43. The summed E-state index contributed by atoms with van der Waals surface area (Å²) in [5.74, 6) is 0. The van der Waals surface area contributed by atoms with E-state index in [4.69, 9.17) is 5.73 Å². The van der Waals surface area contributed by atoms with Crippen LogP contribution in [0.4, 0.5) is 0 Å². The summed E-state index contributed by atoms with van der Waals surface area (Å²) in [6, 6.07) is 6.61. The molecule has 2 unspecified atom stereocenters. The van der Waals surface area contributed by atoms with E-state index >= 15 is 0 Å². The summed E-state index contributed by atoms with van der Waals surface area (Å²) in [4.78, 5) is 0.361. The van der Waals surface area contributed by atoms with E-state index in [9.17, 15) is 8.42 Å². The summed E-state index contributed by atoms with van der Waals surface area (Å²) in [7, 11) is -3.36. The first kappa shape index (κ1) is 15.0. The van der Waals surface area contributed by atoms with Gasteiger partial charge in [0.15, 0.2) is 9.84 Å². The lowest BCUT2D eigenvalue weighted by Crippen LogP contribution is -2.47. The van der Waals surface area contributed by atoms with Gasteiger partial charge in [0.1, 0.15) is 0 Å². The van der Waals surface area contributed by atoms with Crippen molar-refractivity contribution in [1.29, 1.82) is 0 Å². The first-order valence-corrected chi connectivity index (χ1v) is 8.81. The van der Waals surface area contributed by atoms with Gasteiger partial charge in [-0.2, -0.15) is 0 Å². The number of benzene rings is 1. The van der Waals surface area contributed by atoms with E-state index in [1.807, 2.05) is 6.07 Å². The van der Waals surface area contributed by atoms with Crippen molar-refractivity contribution in [1.82, 2.24) is 0 Å². The second kappa shape index (κ2) is 5.19. The van der Waals surface area contributed by atoms with Crippen LogP contribution in [0.3, 0.4) is 0 Å². The molecule has 1 aromatic rings. The zero-order valence-electron chi connectivity index (χ0n) is 11.3. The Morgan fingerprint density at radius 2 is 2.05 bits per heavy atom. The molecule has 3 nitrogen and oxygen atoms in total. The molecule has 0 saturated heterocycles. The van der Waals surface area contributed by atoms with E-state index in [0.29, 0.717) is 11.3 Å². The maximum absolute atomic E-state index is 12.7. The van der Waals surface area contributed by atoms with Gasteiger partial charge in [-0.15, -0.1) is 0 Å². The predicted molar refractivity (Wildman–Crippen MR) is 80.7 cm³/mol. The lowest BCUT2D eigenvalue weighted by molar-refractivity contribution is 0.227. The normalized spacial score (nSPS) is 27.2. The SMILES string of the molecule is CC1(C)CCC(N)C(S(=O)(=O)c2cccc(Br)c2)C1. The van der Waals surface area contributed by atoms with E-state index in [0.717, 1.165) is 17.3 Å². The summed E-state index contributed by atoms with van der Waals surface area (Å²) < 4.78 is 26.2. The molecule has 0 aliphatic heterocycles. The van der Waals surface area contributed by atoms with Crippen LogP contribution in [0, 0.1) is 5.41 Å². The molecule has 1 saturated carbocycles. The molecule has 0 aromatic heterocycles. The van der Waals surface area contributed by atoms with Crippen LogP contribution in [-0.4, -0.2) is 19.7 Å². The Kier molecular flexibility index (Phi) is 4.10. The van der Waals surface area contributed by atoms with Gasteiger partial charge in [0, 0.05) is 10.5 Å². The van der Waals surface area contributed by atoms with Crippen LogP contribution in [0.15, 0.2) is 33.6 Å². The van der Waals surface area contributed by atoms with Gasteiger partial charge < -0.3 is 5.73 Å². The van der Waals surface area contributed by atoms with Crippen molar-refractivity contribution >= 4 is 25.8 Å². The molecule has 1 fully saturated rings. The standard InChI is InChI=1S/C14H20BrNO2S/c1-14(2)7-6-12(16)13(9-14)19(17,18)11-5-3-4-10(15)8-11/h3-5,8,12-13H,6-7,9,16H2,1-2H3. The first-order valence-electron chi connectivity index (χ1n) is 6.47. The third-order valence-electron chi connectivity index (χ3n) is 3.91. The number of hydrogen-bond acceptors (Lipinski definition) is 3. The molecule has 2 N–H and O–H groups in total. The molecule has 0 heterocycles. The third-order valence-corrected chi connectivity index (χ3v) is 6.63. The monoisotopic (exact) mass is 345 g/mol. The minimum Gasteiger partial charge on any atom is -0.327 e. The van der Waals surface area contributed by atoms with Gasteiger partial charge in [0.05, 0.1) is 10.1 Å². The number of rotatable bonds is 2. The molecule has 1 aliphatic carbocycles. The minimum absolute atomic E-state index is 0.0413.